The summed E-state index contributed by atoms with van der Waals surface area (Å²) in [5.41, 5.74) is 1.63. The minimum absolute atomic E-state index is 0.157. The molecular weight excluding hydrogens is 196 g/mol. The SMILES string of the molecule is Cc1cn(-c2ccc([N+](=O)[O-])nc2)cn1. The molecule has 2 aromatic heterocycles. The van der Waals surface area contributed by atoms with Crippen LogP contribution in [0.5, 0.6) is 0 Å². The fraction of sp³-hybridized carbons (Fsp3) is 0.111. The summed E-state index contributed by atoms with van der Waals surface area (Å²) in [7, 11) is 0. The van der Waals surface area contributed by atoms with E-state index in [0.717, 1.165) is 11.4 Å². The molecule has 0 aliphatic carbocycles. The lowest BCUT2D eigenvalue weighted by Crippen LogP contribution is -1.95. The second kappa shape index (κ2) is 3.49. The van der Waals surface area contributed by atoms with Crippen LogP contribution in [-0.4, -0.2) is 19.5 Å². The molecule has 2 rings (SSSR count). The molecule has 6 heteroatoms. The normalized spacial score (nSPS) is 10.2. The van der Waals surface area contributed by atoms with Gasteiger partial charge >= 0.3 is 5.82 Å². The van der Waals surface area contributed by atoms with Crippen LogP contribution in [0, 0.1) is 17.0 Å². The molecule has 0 unspecified atom stereocenters. The summed E-state index contributed by atoms with van der Waals surface area (Å²) in [6.45, 7) is 1.87. The largest absolute Gasteiger partial charge is 0.363 e. The number of pyridine rings is 1. The zero-order valence-electron chi connectivity index (χ0n) is 7.99. The van der Waals surface area contributed by atoms with E-state index in [1.165, 1.54) is 12.3 Å². The van der Waals surface area contributed by atoms with Crippen molar-refractivity contribution in [1.82, 2.24) is 14.5 Å². The maximum atomic E-state index is 10.4. The first-order valence-corrected chi connectivity index (χ1v) is 4.28. The van der Waals surface area contributed by atoms with Crippen LogP contribution in [0.4, 0.5) is 5.82 Å². The van der Waals surface area contributed by atoms with Crippen molar-refractivity contribution in [2.75, 3.05) is 0 Å². The summed E-state index contributed by atoms with van der Waals surface area (Å²) < 4.78 is 1.76. The third kappa shape index (κ3) is 1.83. The van der Waals surface area contributed by atoms with E-state index in [1.54, 1.807) is 17.0 Å². The van der Waals surface area contributed by atoms with Crippen molar-refractivity contribution >= 4 is 5.82 Å². The van der Waals surface area contributed by atoms with E-state index in [0.29, 0.717) is 0 Å². The number of aryl methyl sites for hydroxylation is 1. The maximum absolute atomic E-state index is 10.4. The molecule has 0 saturated carbocycles. The van der Waals surface area contributed by atoms with Gasteiger partial charge in [0, 0.05) is 12.3 Å². The van der Waals surface area contributed by atoms with Gasteiger partial charge in [-0.2, -0.15) is 0 Å². The van der Waals surface area contributed by atoms with Crippen molar-refractivity contribution in [3.05, 3.63) is 46.7 Å². The van der Waals surface area contributed by atoms with E-state index < -0.39 is 4.92 Å². The lowest BCUT2D eigenvalue weighted by atomic mass is 10.4. The molecule has 0 aromatic carbocycles. The second-order valence-corrected chi connectivity index (χ2v) is 3.05. The smallest absolute Gasteiger partial charge is 0.358 e. The Kier molecular flexibility index (Phi) is 2.17. The first kappa shape index (κ1) is 9.32. The van der Waals surface area contributed by atoms with Crippen molar-refractivity contribution in [3.63, 3.8) is 0 Å². The highest BCUT2D eigenvalue weighted by Crippen LogP contribution is 2.11. The van der Waals surface area contributed by atoms with Crippen LogP contribution in [0.25, 0.3) is 5.69 Å². The zero-order chi connectivity index (χ0) is 10.8. The Morgan fingerprint density at radius 3 is 2.67 bits per heavy atom. The van der Waals surface area contributed by atoms with Crippen LogP contribution < -0.4 is 0 Å². The van der Waals surface area contributed by atoms with Crippen LogP contribution >= 0.6 is 0 Å². The van der Waals surface area contributed by atoms with Gasteiger partial charge in [0.05, 0.1) is 17.7 Å². The first-order chi connectivity index (χ1) is 7.16. The monoisotopic (exact) mass is 204 g/mol. The summed E-state index contributed by atoms with van der Waals surface area (Å²) in [5, 5.41) is 10.4. The van der Waals surface area contributed by atoms with Crippen LogP contribution in [0.1, 0.15) is 5.69 Å². The van der Waals surface area contributed by atoms with Crippen molar-refractivity contribution < 1.29 is 4.92 Å². The van der Waals surface area contributed by atoms with Gasteiger partial charge in [-0.25, -0.2) is 4.98 Å². The second-order valence-electron chi connectivity index (χ2n) is 3.05. The molecule has 0 radical (unpaired) electrons. The number of nitro groups is 1. The van der Waals surface area contributed by atoms with Crippen LogP contribution in [0.3, 0.4) is 0 Å². The first-order valence-electron chi connectivity index (χ1n) is 4.28. The minimum Gasteiger partial charge on any atom is -0.358 e. The number of hydrogen-bond donors (Lipinski definition) is 0. The van der Waals surface area contributed by atoms with Gasteiger partial charge < -0.3 is 14.7 Å². The Bertz CT molecular complexity index is 489. The minimum atomic E-state index is -0.525. The maximum Gasteiger partial charge on any atom is 0.363 e. The highest BCUT2D eigenvalue weighted by Gasteiger charge is 2.07. The predicted molar refractivity (Wildman–Crippen MR) is 52.8 cm³/mol. The van der Waals surface area contributed by atoms with Gasteiger partial charge in [0.25, 0.3) is 0 Å². The molecule has 0 spiro atoms. The quantitative estimate of drug-likeness (QED) is 0.548. The Morgan fingerprint density at radius 2 is 2.20 bits per heavy atom. The molecule has 0 amide bonds. The third-order valence-electron chi connectivity index (χ3n) is 1.93. The summed E-state index contributed by atoms with van der Waals surface area (Å²) in [5.74, 6) is -0.157. The molecule has 0 fully saturated rings. The van der Waals surface area contributed by atoms with E-state index in [4.69, 9.17) is 0 Å². The van der Waals surface area contributed by atoms with Gasteiger partial charge in [-0.05, 0) is 22.9 Å². The molecule has 15 heavy (non-hydrogen) atoms. The molecule has 0 N–H and O–H groups in total. The van der Waals surface area contributed by atoms with Gasteiger partial charge in [0.15, 0.2) is 6.20 Å². The standard InChI is InChI=1S/C9H8N4O2/c1-7-5-12(6-11-7)8-2-3-9(10-4-8)13(14)15/h2-6H,1H3. The van der Waals surface area contributed by atoms with E-state index >= 15 is 0 Å². The van der Waals surface area contributed by atoms with Gasteiger partial charge in [-0.1, -0.05) is 0 Å². The Hall–Kier alpha value is -2.24. The topological polar surface area (TPSA) is 73.8 Å². The average molecular weight is 204 g/mol. The number of nitrogens with zero attached hydrogens (tertiary/aromatic N) is 4. The van der Waals surface area contributed by atoms with Gasteiger partial charge in [0.2, 0.25) is 0 Å². The van der Waals surface area contributed by atoms with Gasteiger partial charge in [-0.3, -0.25) is 0 Å². The van der Waals surface area contributed by atoms with Crippen molar-refractivity contribution in [2.24, 2.45) is 0 Å². The molecule has 0 atom stereocenters. The van der Waals surface area contributed by atoms with Crippen LogP contribution in [-0.2, 0) is 0 Å². The summed E-state index contributed by atoms with van der Waals surface area (Å²) in [6.07, 6.45) is 4.90. The Morgan fingerprint density at radius 1 is 1.40 bits per heavy atom. The molecule has 6 nitrogen and oxygen atoms in total. The highest BCUT2D eigenvalue weighted by molar-refractivity contribution is 5.33. The molecule has 2 aromatic rings. The number of imidazole rings is 1. The molecule has 0 bridgehead atoms. The van der Waals surface area contributed by atoms with Gasteiger partial charge in [0.1, 0.15) is 0 Å². The number of rotatable bonds is 2. The van der Waals surface area contributed by atoms with Crippen molar-refractivity contribution in [3.8, 4) is 5.69 Å². The third-order valence-corrected chi connectivity index (χ3v) is 1.93. The van der Waals surface area contributed by atoms with E-state index in [9.17, 15) is 10.1 Å². The Balaban J connectivity index is 2.35. The summed E-state index contributed by atoms with van der Waals surface area (Å²) >= 11 is 0. The van der Waals surface area contributed by atoms with E-state index in [-0.39, 0.29) is 5.82 Å². The molecule has 76 valence electrons. The summed E-state index contributed by atoms with van der Waals surface area (Å²) in [6, 6.07) is 3.00. The number of aromatic nitrogens is 3. The Labute approximate surface area is 85.4 Å². The van der Waals surface area contributed by atoms with E-state index in [1.807, 2.05) is 13.1 Å². The summed E-state index contributed by atoms with van der Waals surface area (Å²) in [4.78, 5) is 17.6. The molecular formula is C9H8N4O2. The molecule has 0 aliphatic heterocycles. The lowest BCUT2D eigenvalue weighted by molar-refractivity contribution is -0.389. The molecule has 2 heterocycles. The average Bonchev–Trinajstić information content (AvgIpc) is 2.65. The lowest BCUT2D eigenvalue weighted by Gasteiger charge is -1.97. The number of hydrogen-bond acceptors (Lipinski definition) is 4. The highest BCUT2D eigenvalue weighted by atomic mass is 16.6. The fourth-order valence-electron chi connectivity index (χ4n) is 1.20. The van der Waals surface area contributed by atoms with E-state index in [2.05, 4.69) is 9.97 Å². The van der Waals surface area contributed by atoms with Crippen LogP contribution in [0.2, 0.25) is 0 Å². The predicted octanol–water partition coefficient (Wildman–Crippen LogP) is 1.48. The molecule has 0 saturated heterocycles. The fourth-order valence-corrected chi connectivity index (χ4v) is 1.20. The van der Waals surface area contributed by atoms with Crippen LogP contribution in [0.15, 0.2) is 30.9 Å². The molecule has 0 aliphatic rings. The zero-order valence-corrected chi connectivity index (χ0v) is 7.99. The van der Waals surface area contributed by atoms with Crippen molar-refractivity contribution in [2.45, 2.75) is 6.92 Å². The van der Waals surface area contributed by atoms with Crippen molar-refractivity contribution in [1.29, 1.82) is 0 Å². The van der Waals surface area contributed by atoms with Gasteiger partial charge in [-0.15, -0.1) is 0 Å².